The summed E-state index contributed by atoms with van der Waals surface area (Å²) in [5, 5.41) is 0. The van der Waals surface area contributed by atoms with Gasteiger partial charge in [-0.15, -0.1) is 0 Å². The number of nitrogens with two attached hydrogens (primary N) is 1. The Morgan fingerprint density at radius 3 is 3.06 bits per heavy atom. The lowest BCUT2D eigenvalue weighted by Crippen LogP contribution is -2.44. The van der Waals surface area contributed by atoms with Crippen LogP contribution in [-0.4, -0.2) is 40.7 Å². The van der Waals surface area contributed by atoms with Gasteiger partial charge in [0.2, 0.25) is 0 Å². The topological polar surface area (TPSA) is 64.3 Å². The third kappa shape index (κ3) is 2.68. The molecule has 1 aliphatic rings. The van der Waals surface area contributed by atoms with Crippen LogP contribution >= 0.6 is 0 Å². The molecule has 0 aromatic carbocycles. The Morgan fingerprint density at radius 2 is 2.38 bits per heavy atom. The molecule has 0 bridgehead atoms. The second kappa shape index (κ2) is 5.23. The molecule has 1 aromatic rings. The van der Waals surface area contributed by atoms with Gasteiger partial charge in [0.1, 0.15) is 5.82 Å². The number of hydrogen-bond acceptors (Lipinski definition) is 5. The fourth-order valence-electron chi connectivity index (χ4n) is 1.93. The molecule has 0 amide bonds. The minimum atomic E-state index is 0.470. The van der Waals surface area contributed by atoms with Gasteiger partial charge in [0.15, 0.2) is 0 Å². The van der Waals surface area contributed by atoms with E-state index in [9.17, 15) is 0 Å². The third-order valence-corrected chi connectivity index (χ3v) is 2.91. The smallest absolute Gasteiger partial charge is 0.141 e. The SMILES string of the molecule is CCC1COCCN1Cc1cnc(N)cn1. The molecule has 1 atom stereocenters. The van der Waals surface area contributed by atoms with Crippen LogP contribution in [0.25, 0.3) is 0 Å². The van der Waals surface area contributed by atoms with Crippen LogP contribution in [0.15, 0.2) is 12.4 Å². The van der Waals surface area contributed by atoms with Crippen molar-refractivity contribution in [1.82, 2.24) is 14.9 Å². The first-order valence-corrected chi connectivity index (χ1v) is 5.67. The van der Waals surface area contributed by atoms with Gasteiger partial charge >= 0.3 is 0 Å². The van der Waals surface area contributed by atoms with Gasteiger partial charge in [0.05, 0.1) is 31.3 Å². The first-order valence-electron chi connectivity index (χ1n) is 5.67. The molecule has 2 heterocycles. The normalized spacial score (nSPS) is 22.2. The van der Waals surface area contributed by atoms with Crippen LogP contribution < -0.4 is 5.73 Å². The van der Waals surface area contributed by atoms with Crippen molar-refractivity contribution in [3.05, 3.63) is 18.1 Å². The highest BCUT2D eigenvalue weighted by atomic mass is 16.5. The minimum Gasteiger partial charge on any atom is -0.382 e. The Morgan fingerprint density at radius 1 is 1.50 bits per heavy atom. The number of aromatic nitrogens is 2. The fraction of sp³-hybridized carbons (Fsp3) is 0.636. The zero-order valence-electron chi connectivity index (χ0n) is 9.59. The minimum absolute atomic E-state index is 0.470. The molecule has 0 spiro atoms. The standard InChI is InChI=1S/C11H18N4O/c1-2-10-8-16-4-3-15(10)7-9-5-14-11(12)6-13-9/h5-6,10H,2-4,7-8H2,1H3,(H2,12,14). The molecule has 5 heteroatoms. The van der Waals surface area contributed by atoms with E-state index in [-0.39, 0.29) is 0 Å². The van der Waals surface area contributed by atoms with E-state index in [1.807, 2.05) is 0 Å². The first kappa shape index (κ1) is 11.3. The average molecular weight is 222 g/mol. The summed E-state index contributed by atoms with van der Waals surface area (Å²) in [5.41, 5.74) is 6.47. The van der Waals surface area contributed by atoms with Crippen LogP contribution in [0.4, 0.5) is 5.82 Å². The van der Waals surface area contributed by atoms with Gasteiger partial charge < -0.3 is 10.5 Å². The van der Waals surface area contributed by atoms with E-state index in [1.165, 1.54) is 0 Å². The summed E-state index contributed by atoms with van der Waals surface area (Å²) in [5.74, 6) is 0.470. The largest absolute Gasteiger partial charge is 0.382 e. The van der Waals surface area contributed by atoms with Crippen LogP contribution in [0.5, 0.6) is 0 Å². The van der Waals surface area contributed by atoms with Gasteiger partial charge in [-0.2, -0.15) is 0 Å². The highest BCUT2D eigenvalue weighted by Crippen LogP contribution is 2.13. The van der Waals surface area contributed by atoms with Crippen molar-refractivity contribution in [2.45, 2.75) is 25.9 Å². The summed E-state index contributed by atoms with van der Waals surface area (Å²) in [6.45, 7) is 5.60. The van der Waals surface area contributed by atoms with Gasteiger partial charge in [0, 0.05) is 19.1 Å². The van der Waals surface area contributed by atoms with Crippen LogP contribution in [0, 0.1) is 0 Å². The Bertz CT molecular complexity index is 327. The molecule has 1 fully saturated rings. The van der Waals surface area contributed by atoms with Gasteiger partial charge in [-0.25, -0.2) is 4.98 Å². The molecular formula is C11H18N4O. The van der Waals surface area contributed by atoms with E-state index in [4.69, 9.17) is 10.5 Å². The Labute approximate surface area is 95.6 Å². The van der Waals surface area contributed by atoms with Crippen LogP contribution in [0.1, 0.15) is 19.0 Å². The lowest BCUT2D eigenvalue weighted by atomic mass is 10.1. The van der Waals surface area contributed by atoms with Crippen molar-refractivity contribution in [3.63, 3.8) is 0 Å². The summed E-state index contributed by atoms with van der Waals surface area (Å²) < 4.78 is 5.46. The number of ether oxygens (including phenoxy) is 1. The molecule has 16 heavy (non-hydrogen) atoms. The lowest BCUT2D eigenvalue weighted by molar-refractivity contribution is -0.0133. The van der Waals surface area contributed by atoms with Gasteiger partial charge in [0.25, 0.3) is 0 Å². The molecule has 1 aromatic heterocycles. The summed E-state index contributed by atoms with van der Waals surface area (Å²) in [4.78, 5) is 10.7. The second-order valence-corrected chi connectivity index (χ2v) is 4.04. The Hall–Kier alpha value is -1.20. The van der Waals surface area contributed by atoms with Crippen LogP contribution in [0.2, 0.25) is 0 Å². The number of rotatable bonds is 3. The third-order valence-electron chi connectivity index (χ3n) is 2.91. The molecule has 1 saturated heterocycles. The fourth-order valence-corrected chi connectivity index (χ4v) is 1.93. The highest BCUT2D eigenvalue weighted by molar-refractivity contribution is 5.22. The quantitative estimate of drug-likeness (QED) is 0.814. The van der Waals surface area contributed by atoms with Crippen molar-refractivity contribution in [1.29, 1.82) is 0 Å². The van der Waals surface area contributed by atoms with Crippen molar-refractivity contribution >= 4 is 5.82 Å². The molecule has 1 unspecified atom stereocenters. The predicted molar refractivity (Wildman–Crippen MR) is 61.8 cm³/mol. The van der Waals surface area contributed by atoms with E-state index in [2.05, 4.69) is 21.8 Å². The monoisotopic (exact) mass is 222 g/mol. The lowest BCUT2D eigenvalue weighted by Gasteiger charge is -2.34. The first-order chi connectivity index (χ1) is 7.79. The van der Waals surface area contributed by atoms with Gasteiger partial charge in [-0.05, 0) is 6.42 Å². The van der Waals surface area contributed by atoms with E-state index < -0.39 is 0 Å². The van der Waals surface area contributed by atoms with E-state index in [0.717, 1.165) is 38.4 Å². The average Bonchev–Trinajstić information content (AvgIpc) is 2.33. The summed E-state index contributed by atoms with van der Waals surface area (Å²) in [6.07, 6.45) is 4.46. The van der Waals surface area contributed by atoms with Crippen molar-refractivity contribution < 1.29 is 4.74 Å². The molecule has 0 saturated carbocycles. The number of nitrogen functional groups attached to an aromatic ring is 1. The van der Waals surface area contributed by atoms with Crippen molar-refractivity contribution in [2.75, 3.05) is 25.5 Å². The summed E-state index contributed by atoms with van der Waals surface area (Å²) >= 11 is 0. The molecule has 5 nitrogen and oxygen atoms in total. The maximum absolute atomic E-state index is 5.51. The Balaban J connectivity index is 1.99. The molecular weight excluding hydrogens is 204 g/mol. The predicted octanol–water partition coefficient (Wildman–Crippen LogP) is 0.670. The summed E-state index contributed by atoms with van der Waals surface area (Å²) in [6, 6.07) is 0.494. The van der Waals surface area contributed by atoms with Crippen LogP contribution in [0.3, 0.4) is 0 Å². The van der Waals surface area contributed by atoms with E-state index in [1.54, 1.807) is 12.4 Å². The van der Waals surface area contributed by atoms with Gasteiger partial charge in [-0.1, -0.05) is 6.92 Å². The van der Waals surface area contributed by atoms with E-state index in [0.29, 0.717) is 11.9 Å². The van der Waals surface area contributed by atoms with Gasteiger partial charge in [-0.3, -0.25) is 9.88 Å². The number of anilines is 1. The number of nitrogens with zero attached hydrogens (tertiary/aromatic N) is 3. The van der Waals surface area contributed by atoms with E-state index >= 15 is 0 Å². The molecule has 88 valence electrons. The van der Waals surface area contributed by atoms with Crippen LogP contribution in [-0.2, 0) is 11.3 Å². The number of hydrogen-bond donors (Lipinski definition) is 1. The molecule has 2 rings (SSSR count). The molecule has 1 aliphatic heterocycles. The number of morpholine rings is 1. The van der Waals surface area contributed by atoms with Crippen molar-refractivity contribution in [3.8, 4) is 0 Å². The maximum Gasteiger partial charge on any atom is 0.141 e. The zero-order valence-corrected chi connectivity index (χ0v) is 9.59. The molecule has 2 N–H and O–H groups in total. The zero-order chi connectivity index (χ0) is 11.4. The second-order valence-electron chi connectivity index (χ2n) is 4.04. The summed E-state index contributed by atoms with van der Waals surface area (Å²) in [7, 11) is 0. The molecule has 0 aliphatic carbocycles. The maximum atomic E-state index is 5.51. The molecule has 0 radical (unpaired) electrons. The Kier molecular flexibility index (Phi) is 3.69. The highest BCUT2D eigenvalue weighted by Gasteiger charge is 2.21. The van der Waals surface area contributed by atoms with Crippen molar-refractivity contribution in [2.24, 2.45) is 0 Å².